The lowest BCUT2D eigenvalue weighted by atomic mass is 10.0. The van der Waals surface area contributed by atoms with Crippen molar-refractivity contribution < 1.29 is 29.6 Å². The molecule has 1 aromatic heterocycles. The van der Waals surface area contributed by atoms with Gasteiger partial charge in [-0.15, -0.1) is 0 Å². The number of hydrogen-bond acceptors (Lipinski definition) is 7. The smallest absolute Gasteiger partial charge is 0.257 e. The summed E-state index contributed by atoms with van der Waals surface area (Å²) in [5.74, 6) is 0.148. The monoisotopic (exact) mass is 364 g/mol. The van der Waals surface area contributed by atoms with Crippen molar-refractivity contribution >= 4 is 16.8 Å². The van der Waals surface area contributed by atoms with E-state index in [2.05, 4.69) is 5.32 Å². The molecule has 1 aliphatic heterocycles. The molecule has 0 saturated heterocycles. The fourth-order valence-electron chi connectivity index (χ4n) is 2.78. The van der Waals surface area contributed by atoms with Gasteiger partial charge in [-0.3, -0.25) is 9.59 Å². The second kappa shape index (κ2) is 6.94. The zero-order valence-electron chi connectivity index (χ0n) is 14.2. The largest absolute Gasteiger partial charge is 0.454 e. The van der Waals surface area contributed by atoms with E-state index in [-0.39, 0.29) is 17.7 Å². The number of fused-ring (bicyclic) bond motifs is 2. The number of pyridine rings is 1. The van der Waals surface area contributed by atoms with E-state index in [0.29, 0.717) is 23.6 Å². The average Bonchev–Trinajstić information content (AvgIpc) is 3.12. The first-order chi connectivity index (χ1) is 12.5. The molecule has 0 unspecified atom stereocenters. The van der Waals surface area contributed by atoms with Gasteiger partial charge in [-0.25, -0.2) is 0 Å². The predicted octanol–water partition coefficient (Wildman–Crippen LogP) is -0.804. The Kier molecular flexibility index (Phi) is 4.86. The van der Waals surface area contributed by atoms with Crippen LogP contribution in [0.3, 0.4) is 0 Å². The van der Waals surface area contributed by atoms with Gasteiger partial charge < -0.3 is 34.7 Å². The first-order valence-electron chi connectivity index (χ1n) is 8.10. The van der Waals surface area contributed by atoms with Crippen LogP contribution >= 0.6 is 0 Å². The number of hydrogen-bond donors (Lipinski definition) is 4. The van der Waals surface area contributed by atoms with Crippen LogP contribution < -0.4 is 20.2 Å². The summed E-state index contributed by atoms with van der Waals surface area (Å²) in [5, 5.41) is 30.7. The molecule has 9 heteroatoms. The van der Waals surface area contributed by atoms with Gasteiger partial charge in [-0.1, -0.05) is 0 Å². The average molecular weight is 364 g/mol. The summed E-state index contributed by atoms with van der Waals surface area (Å²) < 4.78 is 12.3. The Morgan fingerprint density at radius 2 is 1.81 bits per heavy atom. The van der Waals surface area contributed by atoms with Crippen molar-refractivity contribution in [2.45, 2.75) is 19.0 Å². The number of carbonyl (C=O) groups is 1. The first kappa shape index (κ1) is 18.2. The zero-order chi connectivity index (χ0) is 18.9. The quantitative estimate of drug-likeness (QED) is 0.528. The molecule has 26 heavy (non-hydrogen) atoms. The summed E-state index contributed by atoms with van der Waals surface area (Å²) in [7, 11) is 0. The summed E-state index contributed by atoms with van der Waals surface area (Å²) in [6.07, 6.45) is 1.40. The SMILES string of the molecule is CCn1cc(C(=O)NC(CO)(CO)CO)c(=O)c2cc3c(cc21)OCO3. The summed E-state index contributed by atoms with van der Waals surface area (Å²) in [6.45, 7) is 0.364. The van der Waals surface area contributed by atoms with Crippen molar-refractivity contribution in [1.82, 2.24) is 9.88 Å². The third-order valence-corrected chi connectivity index (χ3v) is 4.45. The minimum Gasteiger partial charge on any atom is -0.454 e. The summed E-state index contributed by atoms with van der Waals surface area (Å²) >= 11 is 0. The standard InChI is InChI=1S/C17H20N2O7/c1-2-19-5-11(16(24)18-17(6-20,7-21)8-22)15(23)10-3-13-14(4-12(10)19)26-9-25-13/h3-5,20-22H,2,6-9H2,1H3,(H,18,24). The molecule has 0 atom stereocenters. The number of nitrogens with one attached hydrogen (secondary N) is 1. The van der Waals surface area contributed by atoms with Crippen LogP contribution in [0.4, 0.5) is 0 Å². The number of benzene rings is 1. The molecule has 0 aliphatic carbocycles. The normalized spacial score (nSPS) is 13.2. The van der Waals surface area contributed by atoms with E-state index in [1.54, 1.807) is 10.6 Å². The Labute approximate surface area is 148 Å². The third-order valence-electron chi connectivity index (χ3n) is 4.45. The van der Waals surface area contributed by atoms with E-state index in [1.165, 1.54) is 12.3 Å². The molecule has 1 amide bonds. The maximum Gasteiger partial charge on any atom is 0.257 e. The first-order valence-corrected chi connectivity index (χ1v) is 8.10. The van der Waals surface area contributed by atoms with Crippen molar-refractivity contribution in [3.8, 4) is 11.5 Å². The van der Waals surface area contributed by atoms with Gasteiger partial charge in [-0.05, 0) is 13.0 Å². The van der Waals surface area contributed by atoms with Gasteiger partial charge in [0.25, 0.3) is 5.91 Å². The van der Waals surface area contributed by atoms with Gasteiger partial charge in [0.05, 0.1) is 30.7 Å². The van der Waals surface area contributed by atoms with E-state index in [9.17, 15) is 24.9 Å². The van der Waals surface area contributed by atoms with Crippen LogP contribution in [0.1, 0.15) is 17.3 Å². The van der Waals surface area contributed by atoms with Crippen molar-refractivity contribution in [3.63, 3.8) is 0 Å². The molecule has 1 aliphatic rings. The Hall–Kier alpha value is -2.62. The number of nitrogens with zero attached hydrogens (tertiary/aromatic N) is 1. The summed E-state index contributed by atoms with van der Waals surface area (Å²) in [5.41, 5.74) is -1.72. The molecule has 0 fully saturated rings. The number of aryl methyl sites for hydroxylation is 1. The van der Waals surface area contributed by atoms with E-state index in [0.717, 1.165) is 0 Å². The molecule has 1 aromatic carbocycles. The van der Waals surface area contributed by atoms with Gasteiger partial charge in [-0.2, -0.15) is 0 Å². The minimum absolute atomic E-state index is 0.0608. The molecule has 0 spiro atoms. The van der Waals surface area contributed by atoms with Gasteiger partial charge in [0.2, 0.25) is 12.2 Å². The molecular formula is C17H20N2O7. The lowest BCUT2D eigenvalue weighted by molar-refractivity contribution is 0.0374. The molecular weight excluding hydrogens is 344 g/mol. The Morgan fingerprint density at radius 1 is 1.19 bits per heavy atom. The van der Waals surface area contributed by atoms with E-state index < -0.39 is 36.7 Å². The molecule has 9 nitrogen and oxygen atoms in total. The highest BCUT2D eigenvalue weighted by Gasteiger charge is 2.31. The van der Waals surface area contributed by atoms with Crippen molar-refractivity contribution in [1.29, 1.82) is 0 Å². The fourth-order valence-corrected chi connectivity index (χ4v) is 2.78. The van der Waals surface area contributed by atoms with Gasteiger partial charge in [0, 0.05) is 18.8 Å². The van der Waals surface area contributed by atoms with E-state index in [4.69, 9.17) is 9.47 Å². The predicted molar refractivity (Wildman–Crippen MR) is 91.5 cm³/mol. The number of aliphatic hydroxyl groups is 3. The van der Waals surface area contributed by atoms with E-state index in [1.807, 2.05) is 6.92 Å². The van der Waals surface area contributed by atoms with Gasteiger partial charge >= 0.3 is 0 Å². The Balaban J connectivity index is 2.12. The third kappa shape index (κ3) is 2.90. The van der Waals surface area contributed by atoms with Crippen LogP contribution in [0, 0.1) is 0 Å². The fraction of sp³-hybridized carbons (Fsp3) is 0.412. The highest BCUT2D eigenvalue weighted by atomic mass is 16.7. The molecule has 0 radical (unpaired) electrons. The molecule has 2 aromatic rings. The zero-order valence-corrected chi connectivity index (χ0v) is 14.2. The lowest BCUT2D eigenvalue weighted by Crippen LogP contribution is -2.57. The van der Waals surface area contributed by atoms with Crippen LogP contribution in [0.25, 0.3) is 10.9 Å². The number of ether oxygens (including phenoxy) is 2. The van der Waals surface area contributed by atoms with Crippen molar-refractivity contribution in [3.05, 3.63) is 34.1 Å². The topological polar surface area (TPSA) is 130 Å². The van der Waals surface area contributed by atoms with Gasteiger partial charge in [0.15, 0.2) is 11.5 Å². The molecule has 2 heterocycles. The molecule has 0 bridgehead atoms. The maximum atomic E-state index is 12.8. The molecule has 3 rings (SSSR count). The van der Waals surface area contributed by atoms with Crippen LogP contribution in [0.5, 0.6) is 11.5 Å². The number of rotatable bonds is 6. The van der Waals surface area contributed by atoms with Gasteiger partial charge in [0.1, 0.15) is 11.1 Å². The lowest BCUT2D eigenvalue weighted by Gasteiger charge is -2.28. The number of amides is 1. The van der Waals surface area contributed by atoms with Crippen LogP contribution in [-0.2, 0) is 6.54 Å². The minimum atomic E-state index is -1.62. The maximum absolute atomic E-state index is 12.8. The highest BCUT2D eigenvalue weighted by Crippen LogP contribution is 2.35. The molecule has 4 N–H and O–H groups in total. The summed E-state index contributed by atoms with van der Waals surface area (Å²) in [4.78, 5) is 25.4. The van der Waals surface area contributed by atoms with E-state index >= 15 is 0 Å². The molecule has 0 saturated carbocycles. The van der Waals surface area contributed by atoms with Crippen LogP contribution in [0.15, 0.2) is 23.1 Å². The Bertz CT molecular complexity index is 894. The molecule has 140 valence electrons. The second-order valence-corrected chi connectivity index (χ2v) is 6.09. The second-order valence-electron chi connectivity index (χ2n) is 6.09. The number of carbonyl (C=O) groups excluding carboxylic acids is 1. The number of aromatic nitrogens is 1. The summed E-state index contributed by atoms with van der Waals surface area (Å²) in [6, 6.07) is 3.21. The van der Waals surface area contributed by atoms with Crippen LogP contribution in [0.2, 0.25) is 0 Å². The number of aliphatic hydroxyl groups excluding tert-OH is 3. The van der Waals surface area contributed by atoms with Crippen molar-refractivity contribution in [2.75, 3.05) is 26.6 Å². The van der Waals surface area contributed by atoms with Crippen molar-refractivity contribution in [2.24, 2.45) is 0 Å². The Morgan fingerprint density at radius 3 is 2.38 bits per heavy atom. The van der Waals surface area contributed by atoms with Crippen LogP contribution in [-0.4, -0.2) is 57.9 Å². The highest BCUT2D eigenvalue weighted by molar-refractivity contribution is 5.98.